The number of hydrogen-bond acceptors (Lipinski definition) is 4. The molecule has 140 valence electrons. The minimum absolute atomic E-state index is 0. The quantitative estimate of drug-likeness (QED) is 0.867. The van der Waals surface area contributed by atoms with Crippen LogP contribution in [0.5, 0.6) is 11.5 Å². The molecular formula is C19H29ClN2O3. The Kier molecular flexibility index (Phi) is 7.38. The van der Waals surface area contributed by atoms with Crippen LogP contribution in [0.2, 0.25) is 0 Å². The second-order valence-corrected chi connectivity index (χ2v) is 6.75. The van der Waals surface area contributed by atoms with E-state index in [1.54, 1.807) is 14.2 Å². The van der Waals surface area contributed by atoms with Crippen molar-refractivity contribution >= 4 is 18.3 Å². The Hall–Kier alpha value is -1.46. The van der Waals surface area contributed by atoms with Crippen LogP contribution in [-0.4, -0.2) is 51.2 Å². The summed E-state index contributed by atoms with van der Waals surface area (Å²) in [5.41, 5.74) is 2.53. The molecule has 1 amide bonds. The molecule has 1 atom stereocenters. The molecule has 1 saturated heterocycles. The fraction of sp³-hybridized carbons (Fsp3) is 0.632. The molecule has 0 spiro atoms. The average Bonchev–Trinajstić information content (AvgIpc) is 3.04. The van der Waals surface area contributed by atoms with Gasteiger partial charge in [0.25, 0.3) is 0 Å². The Balaban J connectivity index is 0.00000225. The smallest absolute Gasteiger partial charge is 0.222 e. The van der Waals surface area contributed by atoms with E-state index < -0.39 is 0 Å². The highest BCUT2D eigenvalue weighted by atomic mass is 35.5. The van der Waals surface area contributed by atoms with Crippen LogP contribution >= 0.6 is 12.4 Å². The van der Waals surface area contributed by atoms with Crippen LogP contribution in [0.15, 0.2) is 12.1 Å². The minimum atomic E-state index is 0. The van der Waals surface area contributed by atoms with Gasteiger partial charge in [-0.1, -0.05) is 0 Å². The number of methoxy groups -OCH3 is 2. The molecule has 2 aliphatic rings. The number of amides is 1. The molecule has 2 heterocycles. The molecule has 0 radical (unpaired) electrons. The van der Waals surface area contributed by atoms with E-state index >= 15 is 0 Å². The Morgan fingerprint density at radius 2 is 1.76 bits per heavy atom. The van der Waals surface area contributed by atoms with Crippen molar-refractivity contribution < 1.29 is 14.3 Å². The van der Waals surface area contributed by atoms with E-state index in [-0.39, 0.29) is 12.4 Å². The summed E-state index contributed by atoms with van der Waals surface area (Å²) < 4.78 is 10.8. The Bertz CT molecular complexity index is 553. The molecule has 0 aliphatic carbocycles. The lowest BCUT2D eigenvalue weighted by atomic mass is 10.0. The normalized spacial score (nSPS) is 19.6. The summed E-state index contributed by atoms with van der Waals surface area (Å²) in [6.07, 6.45) is 4.66. The number of ether oxygens (including phenoxy) is 2. The zero-order valence-corrected chi connectivity index (χ0v) is 16.0. The molecule has 5 nitrogen and oxygen atoms in total. The number of fused-ring (bicyclic) bond motifs is 1. The Morgan fingerprint density at radius 3 is 2.24 bits per heavy atom. The standard InChI is InChI=1S/C19H28N2O3.ClH/c1-23-17-11-15-6-9-21(10-7-16(15)12-18(17)24-2)19(22)4-3-14-5-8-20-13-14;/h11-12,14,20H,3-10,13H2,1-2H3;1H. The first-order chi connectivity index (χ1) is 11.7. The summed E-state index contributed by atoms with van der Waals surface area (Å²) in [5, 5.41) is 3.37. The summed E-state index contributed by atoms with van der Waals surface area (Å²) in [6, 6.07) is 4.12. The number of rotatable bonds is 5. The molecule has 1 unspecified atom stereocenters. The summed E-state index contributed by atoms with van der Waals surface area (Å²) in [4.78, 5) is 14.6. The SMILES string of the molecule is COc1cc2c(cc1OC)CCN(C(=O)CCC1CCNC1)CC2.Cl. The molecule has 25 heavy (non-hydrogen) atoms. The van der Waals surface area contributed by atoms with E-state index in [4.69, 9.17) is 9.47 Å². The van der Waals surface area contributed by atoms with Gasteiger partial charge in [-0.05, 0) is 68.0 Å². The molecule has 1 fully saturated rings. The van der Waals surface area contributed by atoms with Crippen molar-refractivity contribution in [2.45, 2.75) is 32.1 Å². The first kappa shape index (κ1) is 19.9. The van der Waals surface area contributed by atoms with E-state index in [1.807, 2.05) is 4.90 Å². The number of nitrogens with one attached hydrogen (secondary N) is 1. The van der Waals surface area contributed by atoms with Gasteiger partial charge >= 0.3 is 0 Å². The van der Waals surface area contributed by atoms with Crippen molar-refractivity contribution in [1.29, 1.82) is 0 Å². The average molecular weight is 369 g/mol. The van der Waals surface area contributed by atoms with Gasteiger partial charge in [0.05, 0.1) is 14.2 Å². The van der Waals surface area contributed by atoms with Gasteiger partial charge in [-0.3, -0.25) is 4.79 Å². The molecule has 6 heteroatoms. The molecule has 1 aromatic carbocycles. The maximum absolute atomic E-state index is 12.6. The molecule has 1 aromatic rings. The highest BCUT2D eigenvalue weighted by Crippen LogP contribution is 2.32. The third kappa shape index (κ3) is 4.79. The van der Waals surface area contributed by atoms with Crippen molar-refractivity contribution in [2.75, 3.05) is 40.4 Å². The van der Waals surface area contributed by atoms with Gasteiger partial charge in [0.2, 0.25) is 5.91 Å². The first-order valence-corrected chi connectivity index (χ1v) is 8.93. The highest BCUT2D eigenvalue weighted by molar-refractivity contribution is 5.85. The molecule has 0 bridgehead atoms. The molecular weight excluding hydrogens is 340 g/mol. The van der Waals surface area contributed by atoms with Crippen molar-refractivity contribution in [3.05, 3.63) is 23.3 Å². The van der Waals surface area contributed by atoms with E-state index in [1.165, 1.54) is 17.5 Å². The van der Waals surface area contributed by atoms with Crippen LogP contribution in [0.25, 0.3) is 0 Å². The second-order valence-electron chi connectivity index (χ2n) is 6.75. The van der Waals surface area contributed by atoms with Gasteiger partial charge in [-0.2, -0.15) is 0 Å². The number of carbonyl (C=O) groups is 1. The Morgan fingerprint density at radius 1 is 1.16 bits per heavy atom. The molecule has 3 rings (SSSR count). The lowest BCUT2D eigenvalue weighted by molar-refractivity contribution is -0.131. The van der Waals surface area contributed by atoms with Crippen LogP contribution in [0.4, 0.5) is 0 Å². The number of hydrogen-bond donors (Lipinski definition) is 1. The lowest BCUT2D eigenvalue weighted by Crippen LogP contribution is -2.33. The number of nitrogens with zero attached hydrogens (tertiary/aromatic N) is 1. The minimum Gasteiger partial charge on any atom is -0.493 e. The third-order valence-electron chi connectivity index (χ3n) is 5.29. The monoisotopic (exact) mass is 368 g/mol. The van der Waals surface area contributed by atoms with Gasteiger partial charge in [-0.25, -0.2) is 0 Å². The van der Waals surface area contributed by atoms with Crippen LogP contribution in [-0.2, 0) is 17.6 Å². The van der Waals surface area contributed by atoms with Crippen molar-refractivity contribution in [3.8, 4) is 11.5 Å². The Labute approximate surface area is 156 Å². The van der Waals surface area contributed by atoms with Gasteiger partial charge in [0.1, 0.15) is 0 Å². The predicted molar refractivity (Wildman–Crippen MR) is 101 cm³/mol. The number of benzene rings is 1. The second kappa shape index (κ2) is 9.30. The van der Waals surface area contributed by atoms with Gasteiger partial charge in [0, 0.05) is 19.5 Å². The maximum Gasteiger partial charge on any atom is 0.222 e. The van der Waals surface area contributed by atoms with Crippen molar-refractivity contribution in [1.82, 2.24) is 10.2 Å². The molecule has 0 aromatic heterocycles. The van der Waals surface area contributed by atoms with Gasteiger partial charge in [0.15, 0.2) is 11.5 Å². The predicted octanol–water partition coefficient (Wildman–Crippen LogP) is 2.44. The largest absolute Gasteiger partial charge is 0.493 e. The molecule has 1 N–H and O–H groups in total. The van der Waals surface area contributed by atoms with Crippen molar-refractivity contribution in [2.24, 2.45) is 5.92 Å². The van der Waals surface area contributed by atoms with Crippen LogP contribution in [0.3, 0.4) is 0 Å². The molecule has 0 saturated carbocycles. The van der Waals surface area contributed by atoms with Crippen LogP contribution in [0, 0.1) is 5.92 Å². The summed E-state index contributed by atoms with van der Waals surface area (Å²) >= 11 is 0. The van der Waals surface area contributed by atoms with E-state index in [0.717, 1.165) is 56.9 Å². The lowest BCUT2D eigenvalue weighted by Gasteiger charge is -2.21. The van der Waals surface area contributed by atoms with Crippen LogP contribution in [0.1, 0.15) is 30.4 Å². The van der Waals surface area contributed by atoms with E-state index in [2.05, 4.69) is 17.4 Å². The van der Waals surface area contributed by atoms with E-state index in [9.17, 15) is 4.79 Å². The number of carbonyl (C=O) groups excluding carboxylic acids is 1. The summed E-state index contributed by atoms with van der Waals surface area (Å²) in [7, 11) is 3.32. The zero-order chi connectivity index (χ0) is 16.9. The molecule has 2 aliphatic heterocycles. The fourth-order valence-electron chi connectivity index (χ4n) is 3.75. The zero-order valence-electron chi connectivity index (χ0n) is 15.2. The summed E-state index contributed by atoms with van der Waals surface area (Å²) in [5.74, 6) is 2.51. The van der Waals surface area contributed by atoms with Crippen molar-refractivity contribution in [3.63, 3.8) is 0 Å². The van der Waals surface area contributed by atoms with Gasteiger partial charge in [-0.15, -0.1) is 12.4 Å². The third-order valence-corrected chi connectivity index (χ3v) is 5.29. The maximum atomic E-state index is 12.6. The first-order valence-electron chi connectivity index (χ1n) is 8.93. The fourth-order valence-corrected chi connectivity index (χ4v) is 3.75. The highest BCUT2D eigenvalue weighted by Gasteiger charge is 2.22. The summed E-state index contributed by atoms with van der Waals surface area (Å²) in [6.45, 7) is 3.76. The van der Waals surface area contributed by atoms with Crippen LogP contribution < -0.4 is 14.8 Å². The number of halogens is 1. The van der Waals surface area contributed by atoms with E-state index in [0.29, 0.717) is 18.2 Å². The van der Waals surface area contributed by atoms with Gasteiger partial charge < -0.3 is 19.7 Å². The topological polar surface area (TPSA) is 50.8 Å².